The summed E-state index contributed by atoms with van der Waals surface area (Å²) in [5.74, 6) is 0. The van der Waals surface area contributed by atoms with E-state index in [2.05, 4.69) is 52.8 Å². The molecule has 1 aromatic heterocycles. The van der Waals surface area contributed by atoms with Crippen LogP contribution in [0.5, 0.6) is 0 Å². The molecule has 0 aliphatic carbocycles. The van der Waals surface area contributed by atoms with Crippen LogP contribution in [0.3, 0.4) is 0 Å². The third-order valence-corrected chi connectivity index (χ3v) is 3.00. The molecule has 1 aromatic carbocycles. The Balaban J connectivity index is 2.47. The van der Waals surface area contributed by atoms with Crippen LogP contribution in [0.1, 0.15) is 11.1 Å². The molecule has 0 radical (unpaired) electrons. The zero-order valence-electron chi connectivity index (χ0n) is 9.15. The number of nitrogens with two attached hydrogens (primary N) is 1. The molecule has 0 bridgehead atoms. The molecule has 0 atom stereocenters. The van der Waals surface area contributed by atoms with Gasteiger partial charge in [0.15, 0.2) is 0 Å². The van der Waals surface area contributed by atoms with Crippen molar-refractivity contribution < 1.29 is 0 Å². The SMILES string of the molecule is Cc1ccc(-n2cc(I)cn2)c(CCN)c1. The van der Waals surface area contributed by atoms with Crippen molar-refractivity contribution in [3.63, 3.8) is 0 Å². The summed E-state index contributed by atoms with van der Waals surface area (Å²) in [6.07, 6.45) is 4.76. The van der Waals surface area contributed by atoms with E-state index in [1.54, 1.807) is 0 Å². The van der Waals surface area contributed by atoms with E-state index in [0.717, 1.165) is 15.7 Å². The third kappa shape index (κ3) is 2.44. The number of aryl methyl sites for hydroxylation is 1. The van der Waals surface area contributed by atoms with Gasteiger partial charge in [0.25, 0.3) is 0 Å². The molecule has 0 aliphatic heterocycles. The highest BCUT2D eigenvalue weighted by Crippen LogP contribution is 2.17. The minimum absolute atomic E-state index is 0.662. The summed E-state index contributed by atoms with van der Waals surface area (Å²) in [5.41, 5.74) is 9.27. The predicted molar refractivity (Wildman–Crippen MR) is 73.8 cm³/mol. The normalized spacial score (nSPS) is 10.7. The first-order valence-electron chi connectivity index (χ1n) is 5.21. The van der Waals surface area contributed by atoms with Gasteiger partial charge in [-0.05, 0) is 54.1 Å². The van der Waals surface area contributed by atoms with E-state index in [1.165, 1.54) is 11.1 Å². The first-order chi connectivity index (χ1) is 7.70. The van der Waals surface area contributed by atoms with Gasteiger partial charge in [0.2, 0.25) is 0 Å². The molecule has 2 aromatic rings. The monoisotopic (exact) mass is 327 g/mol. The maximum Gasteiger partial charge on any atom is 0.0678 e. The molecule has 0 amide bonds. The Morgan fingerprint density at radius 1 is 1.44 bits per heavy atom. The Kier molecular flexibility index (Phi) is 3.60. The fourth-order valence-electron chi connectivity index (χ4n) is 1.73. The Morgan fingerprint density at radius 3 is 2.88 bits per heavy atom. The number of hydrogen-bond donors (Lipinski definition) is 1. The molecule has 0 fully saturated rings. The molecule has 0 saturated carbocycles. The highest BCUT2D eigenvalue weighted by atomic mass is 127. The number of benzene rings is 1. The van der Waals surface area contributed by atoms with Gasteiger partial charge in [0, 0.05) is 6.20 Å². The quantitative estimate of drug-likeness (QED) is 0.879. The smallest absolute Gasteiger partial charge is 0.0678 e. The largest absolute Gasteiger partial charge is 0.330 e. The van der Waals surface area contributed by atoms with Crippen LogP contribution in [0.2, 0.25) is 0 Å². The van der Waals surface area contributed by atoms with Crippen molar-refractivity contribution in [2.75, 3.05) is 6.54 Å². The zero-order chi connectivity index (χ0) is 11.5. The first-order valence-corrected chi connectivity index (χ1v) is 6.28. The molecule has 3 nitrogen and oxygen atoms in total. The van der Waals surface area contributed by atoms with E-state index in [9.17, 15) is 0 Å². The molecule has 0 spiro atoms. The minimum atomic E-state index is 0.662. The summed E-state index contributed by atoms with van der Waals surface area (Å²) in [4.78, 5) is 0. The molecule has 0 unspecified atom stereocenters. The maximum atomic E-state index is 5.63. The number of aromatic nitrogens is 2. The van der Waals surface area contributed by atoms with Gasteiger partial charge >= 0.3 is 0 Å². The second kappa shape index (κ2) is 4.97. The van der Waals surface area contributed by atoms with Crippen LogP contribution in [0.25, 0.3) is 5.69 Å². The van der Waals surface area contributed by atoms with Gasteiger partial charge in [-0.1, -0.05) is 17.7 Å². The lowest BCUT2D eigenvalue weighted by molar-refractivity contribution is 0.849. The number of halogens is 1. The molecule has 4 heteroatoms. The lowest BCUT2D eigenvalue weighted by Crippen LogP contribution is -2.07. The van der Waals surface area contributed by atoms with Crippen LogP contribution in [-0.2, 0) is 6.42 Å². The summed E-state index contributed by atoms with van der Waals surface area (Å²) in [7, 11) is 0. The van der Waals surface area contributed by atoms with Crippen molar-refractivity contribution in [2.45, 2.75) is 13.3 Å². The Labute approximate surface area is 109 Å². The molecule has 84 valence electrons. The molecular weight excluding hydrogens is 313 g/mol. The summed E-state index contributed by atoms with van der Waals surface area (Å²) >= 11 is 2.26. The molecule has 2 rings (SSSR count). The lowest BCUT2D eigenvalue weighted by Gasteiger charge is -2.09. The fourth-order valence-corrected chi connectivity index (χ4v) is 2.11. The van der Waals surface area contributed by atoms with Gasteiger partial charge in [-0.2, -0.15) is 5.10 Å². The lowest BCUT2D eigenvalue weighted by atomic mass is 10.1. The van der Waals surface area contributed by atoms with E-state index in [1.807, 2.05) is 17.1 Å². The van der Waals surface area contributed by atoms with Crippen molar-refractivity contribution in [1.82, 2.24) is 9.78 Å². The average molecular weight is 327 g/mol. The average Bonchev–Trinajstić information content (AvgIpc) is 2.65. The van der Waals surface area contributed by atoms with E-state index < -0.39 is 0 Å². The Morgan fingerprint density at radius 2 is 2.25 bits per heavy atom. The Bertz CT molecular complexity index is 491. The number of rotatable bonds is 3. The highest BCUT2D eigenvalue weighted by molar-refractivity contribution is 14.1. The Hall–Kier alpha value is -0.880. The topological polar surface area (TPSA) is 43.8 Å². The standard InChI is InChI=1S/C12H14IN3/c1-9-2-3-12(10(6-9)4-5-14)16-8-11(13)7-15-16/h2-3,6-8H,4-5,14H2,1H3. The summed E-state index contributed by atoms with van der Waals surface area (Å²) in [5, 5.41) is 4.33. The van der Waals surface area contributed by atoms with Gasteiger partial charge in [-0.3, -0.25) is 0 Å². The molecule has 16 heavy (non-hydrogen) atoms. The number of hydrogen-bond acceptors (Lipinski definition) is 2. The zero-order valence-corrected chi connectivity index (χ0v) is 11.3. The third-order valence-electron chi connectivity index (χ3n) is 2.45. The van der Waals surface area contributed by atoms with Crippen molar-refractivity contribution in [2.24, 2.45) is 5.73 Å². The van der Waals surface area contributed by atoms with Gasteiger partial charge < -0.3 is 5.73 Å². The van der Waals surface area contributed by atoms with Crippen LogP contribution >= 0.6 is 22.6 Å². The van der Waals surface area contributed by atoms with Crippen LogP contribution < -0.4 is 5.73 Å². The van der Waals surface area contributed by atoms with Crippen LogP contribution in [-0.4, -0.2) is 16.3 Å². The molecule has 0 saturated heterocycles. The van der Waals surface area contributed by atoms with Gasteiger partial charge in [0.05, 0.1) is 15.5 Å². The predicted octanol–water partition coefficient (Wildman–Crippen LogP) is 2.29. The molecule has 1 heterocycles. The molecule has 2 N–H and O–H groups in total. The second-order valence-corrected chi connectivity index (χ2v) is 5.02. The van der Waals surface area contributed by atoms with Crippen LogP contribution in [0.15, 0.2) is 30.6 Å². The first kappa shape index (κ1) is 11.6. The van der Waals surface area contributed by atoms with Crippen LogP contribution in [0, 0.1) is 10.5 Å². The highest BCUT2D eigenvalue weighted by Gasteiger charge is 2.05. The maximum absolute atomic E-state index is 5.63. The number of nitrogens with zero attached hydrogens (tertiary/aromatic N) is 2. The van der Waals surface area contributed by atoms with Crippen LogP contribution in [0.4, 0.5) is 0 Å². The van der Waals surface area contributed by atoms with Gasteiger partial charge in [-0.25, -0.2) is 4.68 Å². The fraction of sp³-hybridized carbons (Fsp3) is 0.250. The van der Waals surface area contributed by atoms with E-state index in [0.29, 0.717) is 6.54 Å². The van der Waals surface area contributed by atoms with Crippen molar-refractivity contribution >= 4 is 22.6 Å². The molecular formula is C12H14IN3. The van der Waals surface area contributed by atoms with E-state index in [4.69, 9.17) is 5.73 Å². The minimum Gasteiger partial charge on any atom is -0.330 e. The second-order valence-electron chi connectivity index (χ2n) is 3.77. The van der Waals surface area contributed by atoms with E-state index >= 15 is 0 Å². The van der Waals surface area contributed by atoms with Crippen molar-refractivity contribution in [1.29, 1.82) is 0 Å². The van der Waals surface area contributed by atoms with Crippen molar-refractivity contribution in [3.05, 3.63) is 45.3 Å². The van der Waals surface area contributed by atoms with Gasteiger partial charge in [-0.15, -0.1) is 0 Å². The summed E-state index contributed by atoms with van der Waals surface area (Å²) < 4.78 is 3.04. The van der Waals surface area contributed by atoms with Crippen molar-refractivity contribution in [3.8, 4) is 5.69 Å². The molecule has 0 aliphatic rings. The summed E-state index contributed by atoms with van der Waals surface area (Å²) in [6, 6.07) is 6.38. The summed E-state index contributed by atoms with van der Waals surface area (Å²) in [6.45, 7) is 2.76. The van der Waals surface area contributed by atoms with Gasteiger partial charge in [0.1, 0.15) is 0 Å². The van der Waals surface area contributed by atoms with E-state index in [-0.39, 0.29) is 0 Å².